The molecule has 8 nitrogen and oxygen atoms in total. The van der Waals surface area contributed by atoms with Crippen LogP contribution in [0.3, 0.4) is 0 Å². The van der Waals surface area contributed by atoms with Gasteiger partial charge in [0.05, 0.1) is 13.3 Å². The molecule has 0 bridgehead atoms. The minimum Gasteiger partial charge on any atom is -0.497 e. The Balaban J connectivity index is 1.78. The zero-order valence-electron chi connectivity index (χ0n) is 18.9. The van der Waals surface area contributed by atoms with Gasteiger partial charge in [0.25, 0.3) is 5.91 Å². The first-order chi connectivity index (χ1) is 16.0. The van der Waals surface area contributed by atoms with Gasteiger partial charge in [0.15, 0.2) is 0 Å². The molecule has 0 radical (unpaired) electrons. The highest BCUT2D eigenvalue weighted by atomic mass is 19.1. The largest absolute Gasteiger partial charge is 0.497 e. The van der Waals surface area contributed by atoms with E-state index in [1.165, 1.54) is 19.2 Å². The van der Waals surface area contributed by atoms with Crippen molar-refractivity contribution in [2.75, 3.05) is 14.2 Å². The zero-order chi connectivity index (χ0) is 23.6. The number of hydrogen-bond donors (Lipinski definition) is 3. The molecular formula is C24H30FN5O3. The second-order valence-corrected chi connectivity index (χ2v) is 8.02. The Bertz CT molecular complexity index is 961. The van der Waals surface area contributed by atoms with E-state index in [1.807, 2.05) is 0 Å². The van der Waals surface area contributed by atoms with Crippen molar-refractivity contribution in [2.24, 2.45) is 10.2 Å². The fourth-order valence-electron chi connectivity index (χ4n) is 3.85. The van der Waals surface area contributed by atoms with Crippen molar-refractivity contribution in [1.29, 1.82) is 0 Å². The summed E-state index contributed by atoms with van der Waals surface area (Å²) < 4.78 is 18.5. The van der Waals surface area contributed by atoms with Crippen molar-refractivity contribution >= 4 is 11.9 Å². The van der Waals surface area contributed by atoms with Crippen molar-refractivity contribution in [2.45, 2.75) is 50.4 Å². The van der Waals surface area contributed by atoms with Crippen LogP contribution in [0.25, 0.3) is 0 Å². The number of hydrogen-bond acceptors (Lipinski definition) is 5. The Morgan fingerprint density at radius 1 is 1.18 bits per heavy atom. The van der Waals surface area contributed by atoms with Crippen molar-refractivity contribution in [1.82, 2.24) is 16.0 Å². The number of carbonyl (C=O) groups excluding carboxylic acids is 1. The van der Waals surface area contributed by atoms with E-state index in [0.29, 0.717) is 22.8 Å². The molecule has 0 aliphatic heterocycles. The number of halogens is 1. The lowest BCUT2D eigenvalue weighted by Crippen LogP contribution is -2.51. The molecule has 0 saturated heterocycles. The quantitative estimate of drug-likeness (QED) is 0.229. The molecule has 3 rings (SSSR count). The van der Waals surface area contributed by atoms with Crippen LogP contribution in [-0.4, -0.2) is 38.2 Å². The first-order valence-corrected chi connectivity index (χ1v) is 11.1. The molecule has 0 heterocycles. The van der Waals surface area contributed by atoms with Gasteiger partial charge in [-0.2, -0.15) is 9.90 Å². The second-order valence-electron chi connectivity index (χ2n) is 8.02. The lowest BCUT2D eigenvalue weighted by molar-refractivity contribution is 0.100. The summed E-state index contributed by atoms with van der Waals surface area (Å²) in [6, 6.07) is 12.0. The number of nitroso groups, excluding NO2 is 1. The van der Waals surface area contributed by atoms with Gasteiger partial charge in [0, 0.05) is 18.0 Å². The van der Waals surface area contributed by atoms with Gasteiger partial charge in [-0.1, -0.05) is 36.2 Å². The van der Waals surface area contributed by atoms with Crippen molar-refractivity contribution in [3.63, 3.8) is 0 Å². The normalized spacial score (nSPS) is 16.2. The Kier molecular flexibility index (Phi) is 8.88. The second kappa shape index (κ2) is 12.1. The van der Waals surface area contributed by atoms with Crippen molar-refractivity contribution in [3.8, 4) is 5.75 Å². The number of methoxy groups -OCH3 is 1. The summed E-state index contributed by atoms with van der Waals surface area (Å²) in [6.07, 6.45) is 4.09. The summed E-state index contributed by atoms with van der Waals surface area (Å²) in [5.74, 6) is 0.109. The molecule has 2 aromatic rings. The van der Waals surface area contributed by atoms with E-state index < -0.39 is 18.1 Å². The topological polar surface area (TPSA) is 104 Å². The Hall–Kier alpha value is -3.33. The molecule has 2 aromatic carbocycles. The first kappa shape index (κ1) is 24.3. The molecule has 0 aromatic heterocycles. The van der Waals surface area contributed by atoms with Crippen molar-refractivity contribution < 1.29 is 13.9 Å². The minimum absolute atomic E-state index is 0.212. The van der Waals surface area contributed by atoms with Crippen LogP contribution in [0.2, 0.25) is 0 Å². The van der Waals surface area contributed by atoms with Crippen LogP contribution >= 0.6 is 0 Å². The molecular weight excluding hydrogens is 425 g/mol. The monoisotopic (exact) mass is 455 g/mol. The van der Waals surface area contributed by atoms with E-state index >= 15 is 0 Å². The maximum absolute atomic E-state index is 13.3. The van der Waals surface area contributed by atoms with Crippen LogP contribution in [0.4, 0.5) is 4.39 Å². The number of rotatable bonds is 9. The highest BCUT2D eigenvalue weighted by molar-refractivity contribution is 6.03. The molecule has 3 N–H and O–H groups in total. The summed E-state index contributed by atoms with van der Waals surface area (Å²) in [4.78, 5) is 28.7. The number of ether oxygens (including phenoxy) is 1. The maximum atomic E-state index is 13.3. The number of aliphatic imine (C=N–C) groups is 1. The Morgan fingerprint density at radius 3 is 2.55 bits per heavy atom. The summed E-state index contributed by atoms with van der Waals surface area (Å²) in [5.41, 5.74) is 1.02. The highest BCUT2D eigenvalue weighted by Gasteiger charge is 2.22. The highest BCUT2D eigenvalue weighted by Crippen LogP contribution is 2.23. The Labute approximate surface area is 193 Å². The molecule has 1 saturated carbocycles. The third-order valence-electron chi connectivity index (χ3n) is 5.73. The van der Waals surface area contributed by atoms with Crippen LogP contribution in [-0.2, 0) is 0 Å². The number of guanidine groups is 1. The van der Waals surface area contributed by atoms with Crippen LogP contribution in [0.5, 0.6) is 5.75 Å². The third-order valence-corrected chi connectivity index (χ3v) is 5.73. The minimum atomic E-state index is -0.697. The SMILES string of the molecule is CNC(CC(N=O)c1ccc(F)cc1)N/C(=N\C(=O)c1cccc(OC)c1)NC1CCCC1. The first-order valence-electron chi connectivity index (χ1n) is 11.1. The van der Waals surface area contributed by atoms with Gasteiger partial charge in [0.1, 0.15) is 17.6 Å². The van der Waals surface area contributed by atoms with Gasteiger partial charge in [-0.25, -0.2) is 4.39 Å². The van der Waals surface area contributed by atoms with Gasteiger partial charge in [-0.3, -0.25) is 4.79 Å². The van der Waals surface area contributed by atoms with Crippen LogP contribution < -0.4 is 20.7 Å². The number of carbonyl (C=O) groups is 1. The summed E-state index contributed by atoms with van der Waals surface area (Å²) in [7, 11) is 3.28. The lowest BCUT2D eigenvalue weighted by Gasteiger charge is -2.25. The van der Waals surface area contributed by atoms with Gasteiger partial charge in [-0.15, -0.1) is 0 Å². The average Bonchev–Trinajstić information content (AvgIpc) is 3.35. The van der Waals surface area contributed by atoms with E-state index in [4.69, 9.17) is 4.74 Å². The van der Waals surface area contributed by atoms with Crippen molar-refractivity contribution in [3.05, 3.63) is 70.4 Å². The van der Waals surface area contributed by atoms with E-state index in [9.17, 15) is 14.1 Å². The Morgan fingerprint density at radius 2 is 1.91 bits per heavy atom. The van der Waals surface area contributed by atoms with Gasteiger partial charge >= 0.3 is 0 Å². The number of amides is 1. The van der Waals surface area contributed by atoms with E-state index in [2.05, 4.69) is 26.1 Å². The summed E-state index contributed by atoms with van der Waals surface area (Å²) >= 11 is 0. The standard InChI is InChI=1S/C24H30FN5O3/c1-26-22(15-21(30-32)16-10-12-18(25)13-11-16)28-24(27-19-7-3-4-8-19)29-23(31)17-6-5-9-20(14-17)33-2/h5-6,9-14,19,21-22,26H,3-4,7-8,15H2,1-2H3,(H2,27,28,29,31). The summed E-state index contributed by atoms with van der Waals surface area (Å²) in [5, 5.41) is 12.9. The molecule has 1 amide bonds. The average molecular weight is 456 g/mol. The number of benzene rings is 2. The van der Waals surface area contributed by atoms with E-state index in [0.717, 1.165) is 25.7 Å². The fourth-order valence-corrected chi connectivity index (χ4v) is 3.85. The van der Waals surface area contributed by atoms with Crippen LogP contribution in [0.1, 0.15) is 54.1 Å². The molecule has 33 heavy (non-hydrogen) atoms. The van der Waals surface area contributed by atoms with Crippen LogP contribution in [0.15, 0.2) is 58.7 Å². The molecule has 2 atom stereocenters. The molecule has 1 aliphatic carbocycles. The van der Waals surface area contributed by atoms with Gasteiger partial charge < -0.3 is 20.7 Å². The third kappa shape index (κ3) is 7.08. The summed E-state index contributed by atoms with van der Waals surface area (Å²) in [6.45, 7) is 0. The van der Waals surface area contributed by atoms with E-state index in [1.54, 1.807) is 43.4 Å². The predicted octanol–water partition coefficient (Wildman–Crippen LogP) is 3.90. The maximum Gasteiger partial charge on any atom is 0.280 e. The lowest BCUT2D eigenvalue weighted by atomic mass is 10.0. The predicted molar refractivity (Wildman–Crippen MR) is 126 cm³/mol. The molecule has 0 spiro atoms. The fraction of sp³-hybridized carbons (Fsp3) is 0.417. The molecule has 1 fully saturated rings. The molecule has 176 valence electrons. The number of nitrogens with one attached hydrogen (secondary N) is 3. The molecule has 1 aliphatic rings. The smallest absolute Gasteiger partial charge is 0.280 e. The van der Waals surface area contributed by atoms with Gasteiger partial charge in [0.2, 0.25) is 5.96 Å². The molecule has 9 heteroatoms. The van der Waals surface area contributed by atoms with Gasteiger partial charge in [-0.05, 0) is 55.8 Å². The molecule has 2 unspecified atom stereocenters. The zero-order valence-corrected chi connectivity index (χ0v) is 18.9. The number of nitrogens with zero attached hydrogens (tertiary/aromatic N) is 2. The van der Waals surface area contributed by atoms with E-state index in [-0.39, 0.29) is 18.3 Å². The van der Waals surface area contributed by atoms with Crippen LogP contribution in [0, 0.1) is 10.7 Å².